The molecule has 0 radical (unpaired) electrons. The van der Waals surface area contributed by atoms with E-state index in [-0.39, 0.29) is 5.75 Å². The summed E-state index contributed by atoms with van der Waals surface area (Å²) in [5, 5.41) is 4.52. The Morgan fingerprint density at radius 1 is 1.13 bits per heavy atom. The second-order valence-corrected chi connectivity index (χ2v) is 5.63. The summed E-state index contributed by atoms with van der Waals surface area (Å²) in [5.41, 5.74) is -0.505. The van der Waals surface area contributed by atoms with Crippen molar-refractivity contribution in [2.24, 2.45) is 0 Å². The molecule has 0 heterocycles. The SMILES string of the molecule is CC(C)(C)NC(=O)NC(=O)COC(=O)COc1ccccc1F. The highest BCUT2D eigenvalue weighted by molar-refractivity contribution is 5.95. The Kier molecular flexibility index (Phi) is 6.49. The Bertz CT molecular complexity index is 583. The van der Waals surface area contributed by atoms with Crippen LogP contribution in [0.25, 0.3) is 0 Å². The molecular formula is C15H19FN2O5. The number of nitrogens with one attached hydrogen (secondary N) is 2. The predicted octanol–water partition coefficient (Wildman–Crippen LogP) is 1.37. The molecule has 1 rings (SSSR count). The Hall–Kier alpha value is -2.64. The predicted molar refractivity (Wildman–Crippen MR) is 79.3 cm³/mol. The molecule has 7 nitrogen and oxygen atoms in total. The van der Waals surface area contributed by atoms with Crippen molar-refractivity contribution in [1.82, 2.24) is 10.6 Å². The van der Waals surface area contributed by atoms with E-state index in [4.69, 9.17) is 4.74 Å². The molecule has 126 valence electrons. The summed E-state index contributed by atoms with van der Waals surface area (Å²) in [7, 11) is 0. The molecule has 0 fully saturated rings. The van der Waals surface area contributed by atoms with Crippen LogP contribution < -0.4 is 15.4 Å². The van der Waals surface area contributed by atoms with Gasteiger partial charge in [-0.15, -0.1) is 0 Å². The molecule has 1 aromatic rings. The number of ether oxygens (including phenoxy) is 2. The van der Waals surface area contributed by atoms with Gasteiger partial charge in [-0.3, -0.25) is 10.1 Å². The molecule has 1 aromatic carbocycles. The van der Waals surface area contributed by atoms with E-state index in [0.29, 0.717) is 0 Å². The highest BCUT2D eigenvalue weighted by Crippen LogP contribution is 2.14. The van der Waals surface area contributed by atoms with E-state index >= 15 is 0 Å². The zero-order valence-corrected chi connectivity index (χ0v) is 13.1. The van der Waals surface area contributed by atoms with E-state index in [0.717, 1.165) is 0 Å². The Labute approximate surface area is 133 Å². The summed E-state index contributed by atoms with van der Waals surface area (Å²) in [5.74, 6) is -2.36. The Balaban J connectivity index is 2.29. The van der Waals surface area contributed by atoms with Crippen LogP contribution in [-0.2, 0) is 14.3 Å². The monoisotopic (exact) mass is 326 g/mol. The molecule has 0 aliphatic carbocycles. The number of hydrogen-bond donors (Lipinski definition) is 2. The third kappa shape index (κ3) is 7.79. The molecule has 23 heavy (non-hydrogen) atoms. The lowest BCUT2D eigenvalue weighted by molar-refractivity contribution is -0.150. The van der Waals surface area contributed by atoms with Crippen molar-refractivity contribution >= 4 is 17.9 Å². The van der Waals surface area contributed by atoms with Gasteiger partial charge in [0.2, 0.25) is 0 Å². The van der Waals surface area contributed by atoms with Gasteiger partial charge in [-0.1, -0.05) is 12.1 Å². The number of urea groups is 1. The Morgan fingerprint density at radius 2 is 1.78 bits per heavy atom. The van der Waals surface area contributed by atoms with E-state index in [1.165, 1.54) is 18.2 Å². The molecule has 8 heteroatoms. The van der Waals surface area contributed by atoms with Crippen LogP contribution in [0.15, 0.2) is 24.3 Å². The summed E-state index contributed by atoms with van der Waals surface area (Å²) < 4.78 is 22.8. The van der Waals surface area contributed by atoms with Gasteiger partial charge >= 0.3 is 12.0 Å². The summed E-state index contributed by atoms with van der Waals surface area (Å²) in [6.07, 6.45) is 0. The van der Waals surface area contributed by atoms with Crippen LogP contribution in [-0.4, -0.2) is 36.7 Å². The number of amides is 3. The second-order valence-electron chi connectivity index (χ2n) is 5.63. The van der Waals surface area contributed by atoms with Crippen LogP contribution >= 0.6 is 0 Å². The molecule has 0 atom stereocenters. The van der Waals surface area contributed by atoms with Gasteiger partial charge in [-0.25, -0.2) is 14.0 Å². The fourth-order valence-electron chi connectivity index (χ4n) is 1.42. The number of carbonyl (C=O) groups excluding carboxylic acids is 3. The van der Waals surface area contributed by atoms with Crippen molar-refractivity contribution in [1.29, 1.82) is 0 Å². The van der Waals surface area contributed by atoms with Gasteiger partial charge in [0.15, 0.2) is 24.8 Å². The minimum atomic E-state index is -0.861. The molecule has 2 N–H and O–H groups in total. The number of para-hydroxylation sites is 1. The van der Waals surface area contributed by atoms with Gasteiger partial charge in [-0.2, -0.15) is 0 Å². The third-order valence-corrected chi connectivity index (χ3v) is 2.29. The van der Waals surface area contributed by atoms with Crippen molar-refractivity contribution in [2.45, 2.75) is 26.3 Å². The zero-order valence-electron chi connectivity index (χ0n) is 13.1. The summed E-state index contributed by atoms with van der Waals surface area (Å²) in [4.78, 5) is 34.2. The molecule has 0 saturated heterocycles. The maximum Gasteiger partial charge on any atom is 0.344 e. The van der Waals surface area contributed by atoms with E-state index in [1.807, 2.05) is 5.32 Å². The normalized spacial score (nSPS) is 10.6. The lowest BCUT2D eigenvalue weighted by Crippen LogP contribution is -2.49. The second kappa shape index (κ2) is 8.11. The molecule has 0 spiro atoms. The van der Waals surface area contributed by atoms with Gasteiger partial charge < -0.3 is 14.8 Å². The first-order valence-electron chi connectivity index (χ1n) is 6.82. The zero-order chi connectivity index (χ0) is 17.5. The first kappa shape index (κ1) is 18.4. The van der Waals surface area contributed by atoms with Crippen LogP contribution in [0.1, 0.15) is 20.8 Å². The number of esters is 1. The van der Waals surface area contributed by atoms with E-state index in [2.05, 4.69) is 10.1 Å². The summed E-state index contributed by atoms with van der Waals surface area (Å²) in [6.45, 7) is 4.05. The van der Waals surface area contributed by atoms with Gasteiger partial charge in [0.05, 0.1) is 0 Å². The highest BCUT2D eigenvalue weighted by atomic mass is 19.1. The summed E-state index contributed by atoms with van der Waals surface area (Å²) in [6, 6.07) is 4.87. The third-order valence-electron chi connectivity index (χ3n) is 2.29. The van der Waals surface area contributed by atoms with E-state index in [1.54, 1.807) is 26.8 Å². The van der Waals surface area contributed by atoms with Crippen LogP contribution in [0.5, 0.6) is 5.75 Å². The summed E-state index contributed by atoms with van der Waals surface area (Å²) >= 11 is 0. The average Bonchev–Trinajstić information content (AvgIpc) is 2.42. The molecule has 0 aliphatic heterocycles. The maximum absolute atomic E-state index is 13.2. The molecule has 0 bridgehead atoms. The van der Waals surface area contributed by atoms with Crippen LogP contribution in [0.2, 0.25) is 0 Å². The molecule has 0 saturated carbocycles. The molecular weight excluding hydrogens is 307 g/mol. The minimum absolute atomic E-state index is 0.0987. The fourth-order valence-corrected chi connectivity index (χ4v) is 1.42. The molecule has 0 aromatic heterocycles. The number of rotatable bonds is 5. The first-order chi connectivity index (χ1) is 10.7. The maximum atomic E-state index is 13.2. The van der Waals surface area contributed by atoms with Gasteiger partial charge in [-0.05, 0) is 32.9 Å². The lowest BCUT2D eigenvalue weighted by Gasteiger charge is -2.20. The molecule has 0 unspecified atom stereocenters. The molecule has 0 aliphatic rings. The molecule has 3 amide bonds. The number of benzene rings is 1. The van der Waals surface area contributed by atoms with E-state index in [9.17, 15) is 18.8 Å². The number of carbonyl (C=O) groups is 3. The van der Waals surface area contributed by atoms with Gasteiger partial charge in [0, 0.05) is 5.54 Å². The van der Waals surface area contributed by atoms with Crippen molar-refractivity contribution < 1.29 is 28.2 Å². The number of halogens is 1. The Morgan fingerprint density at radius 3 is 2.39 bits per heavy atom. The van der Waals surface area contributed by atoms with Crippen LogP contribution in [0.3, 0.4) is 0 Å². The van der Waals surface area contributed by atoms with Crippen molar-refractivity contribution in [3.63, 3.8) is 0 Å². The van der Waals surface area contributed by atoms with Gasteiger partial charge in [0.1, 0.15) is 0 Å². The average molecular weight is 326 g/mol. The largest absolute Gasteiger partial charge is 0.479 e. The van der Waals surface area contributed by atoms with Gasteiger partial charge in [0.25, 0.3) is 5.91 Å². The van der Waals surface area contributed by atoms with Crippen molar-refractivity contribution in [2.75, 3.05) is 13.2 Å². The lowest BCUT2D eigenvalue weighted by atomic mass is 10.1. The van der Waals surface area contributed by atoms with Crippen molar-refractivity contribution in [3.05, 3.63) is 30.1 Å². The topological polar surface area (TPSA) is 93.7 Å². The standard InChI is InChI=1S/C15H19FN2O5/c1-15(2,3)18-14(21)17-12(19)8-23-13(20)9-22-11-7-5-4-6-10(11)16/h4-7H,8-9H2,1-3H3,(H2,17,18,19,21). The van der Waals surface area contributed by atoms with Crippen LogP contribution in [0.4, 0.5) is 9.18 Å². The van der Waals surface area contributed by atoms with E-state index < -0.39 is 42.5 Å². The quantitative estimate of drug-likeness (QED) is 0.797. The van der Waals surface area contributed by atoms with Crippen molar-refractivity contribution in [3.8, 4) is 5.75 Å². The first-order valence-corrected chi connectivity index (χ1v) is 6.82. The van der Waals surface area contributed by atoms with Crippen LogP contribution in [0, 0.1) is 5.82 Å². The smallest absolute Gasteiger partial charge is 0.344 e. The minimum Gasteiger partial charge on any atom is -0.479 e. The fraction of sp³-hybridized carbons (Fsp3) is 0.400. The number of imide groups is 1. The number of hydrogen-bond acceptors (Lipinski definition) is 5. The highest BCUT2D eigenvalue weighted by Gasteiger charge is 2.16.